The van der Waals surface area contributed by atoms with Crippen LogP contribution in [0.15, 0.2) is 23.1 Å². The van der Waals surface area contributed by atoms with E-state index < -0.39 is 10.0 Å². The molecule has 7 heteroatoms. The van der Waals surface area contributed by atoms with Crippen molar-refractivity contribution in [1.29, 1.82) is 0 Å². The summed E-state index contributed by atoms with van der Waals surface area (Å²) in [6, 6.07) is 4.59. The Balaban J connectivity index is 2.60. The van der Waals surface area contributed by atoms with Crippen LogP contribution in [0, 0.1) is 12.8 Å². The van der Waals surface area contributed by atoms with Crippen molar-refractivity contribution in [3.8, 4) is 0 Å². The van der Waals surface area contributed by atoms with Gasteiger partial charge in [-0.3, -0.25) is 4.79 Å². The van der Waals surface area contributed by atoms with Gasteiger partial charge < -0.3 is 5.32 Å². The zero-order valence-electron chi connectivity index (χ0n) is 11.7. The second-order valence-corrected chi connectivity index (χ2v) is 6.93. The second kappa shape index (κ2) is 7.06. The maximum absolute atomic E-state index is 12.1. The highest BCUT2D eigenvalue weighted by atomic mass is 35.5. The van der Waals surface area contributed by atoms with Crippen LogP contribution in [0.4, 0.5) is 0 Å². The fourth-order valence-corrected chi connectivity index (χ4v) is 3.05. The lowest BCUT2D eigenvalue weighted by molar-refractivity contribution is -0.123. The Morgan fingerprint density at radius 3 is 2.50 bits per heavy atom. The Hall–Kier alpha value is -1.11. The van der Waals surface area contributed by atoms with Crippen molar-refractivity contribution < 1.29 is 13.2 Å². The summed E-state index contributed by atoms with van der Waals surface area (Å²) in [4.78, 5) is 11.5. The number of rotatable bonds is 6. The van der Waals surface area contributed by atoms with Crippen LogP contribution in [0.5, 0.6) is 0 Å². The maximum Gasteiger partial charge on any atom is 0.240 e. The van der Waals surface area contributed by atoms with Crippen molar-refractivity contribution >= 4 is 27.5 Å². The summed E-state index contributed by atoms with van der Waals surface area (Å²) < 4.78 is 26.6. The van der Waals surface area contributed by atoms with E-state index in [2.05, 4.69) is 10.0 Å². The third-order valence-electron chi connectivity index (χ3n) is 2.67. The molecule has 1 aromatic carbocycles. The molecule has 20 heavy (non-hydrogen) atoms. The number of benzene rings is 1. The zero-order valence-corrected chi connectivity index (χ0v) is 13.3. The lowest BCUT2D eigenvalue weighted by atomic mass is 10.2. The molecule has 0 spiro atoms. The summed E-state index contributed by atoms with van der Waals surface area (Å²) in [5.74, 6) is -0.225. The van der Waals surface area contributed by atoms with Crippen LogP contribution in [-0.2, 0) is 14.8 Å². The summed E-state index contributed by atoms with van der Waals surface area (Å²) in [7, 11) is -3.59. The molecule has 1 rings (SSSR count). The number of halogens is 1. The Labute approximate surface area is 124 Å². The molecule has 0 saturated carbocycles. The average Bonchev–Trinajstić information content (AvgIpc) is 2.33. The van der Waals surface area contributed by atoms with Crippen LogP contribution in [-0.4, -0.2) is 27.4 Å². The minimum absolute atomic E-state index is 0.105. The highest BCUT2D eigenvalue weighted by Crippen LogP contribution is 2.19. The number of aryl methyl sites for hydroxylation is 1. The maximum atomic E-state index is 12.1. The van der Waals surface area contributed by atoms with E-state index in [4.69, 9.17) is 11.6 Å². The second-order valence-electron chi connectivity index (χ2n) is 4.75. The van der Waals surface area contributed by atoms with Gasteiger partial charge in [-0.15, -0.1) is 0 Å². The largest absolute Gasteiger partial charge is 0.355 e. The van der Waals surface area contributed by atoms with Crippen LogP contribution < -0.4 is 10.0 Å². The third kappa shape index (κ3) is 4.77. The number of sulfonamides is 1. The molecular formula is C13H19ClN2O3S. The molecule has 0 aliphatic rings. The minimum Gasteiger partial charge on any atom is -0.355 e. The van der Waals surface area contributed by atoms with E-state index in [0.29, 0.717) is 10.6 Å². The molecule has 1 amide bonds. The molecule has 0 unspecified atom stereocenters. The van der Waals surface area contributed by atoms with Crippen molar-refractivity contribution in [1.82, 2.24) is 10.0 Å². The molecule has 0 saturated heterocycles. The Kier molecular flexibility index (Phi) is 5.98. The summed E-state index contributed by atoms with van der Waals surface area (Å²) in [6.07, 6.45) is 0. The van der Waals surface area contributed by atoms with E-state index in [1.807, 2.05) is 0 Å². The van der Waals surface area contributed by atoms with Crippen LogP contribution >= 0.6 is 11.6 Å². The Morgan fingerprint density at radius 1 is 1.30 bits per heavy atom. The lowest BCUT2D eigenvalue weighted by Crippen LogP contribution is -2.36. The molecule has 0 atom stereocenters. The van der Waals surface area contributed by atoms with Gasteiger partial charge >= 0.3 is 0 Å². The fourth-order valence-electron chi connectivity index (χ4n) is 1.57. The SMILES string of the molecule is Cc1cc(Cl)ccc1S(=O)(=O)NCCNC(=O)C(C)C. The van der Waals surface area contributed by atoms with E-state index in [0.717, 1.165) is 0 Å². The highest BCUT2D eigenvalue weighted by Gasteiger charge is 2.16. The quantitative estimate of drug-likeness (QED) is 0.784. The molecular weight excluding hydrogens is 300 g/mol. The summed E-state index contributed by atoms with van der Waals surface area (Å²) in [6.45, 7) is 5.62. The first kappa shape index (κ1) is 16.9. The molecule has 112 valence electrons. The Morgan fingerprint density at radius 2 is 1.95 bits per heavy atom. The van der Waals surface area contributed by atoms with E-state index in [-0.39, 0.29) is 29.8 Å². The van der Waals surface area contributed by atoms with E-state index in [1.54, 1.807) is 26.8 Å². The fraction of sp³-hybridized carbons (Fsp3) is 0.462. The van der Waals surface area contributed by atoms with Crippen molar-refractivity contribution in [3.05, 3.63) is 28.8 Å². The van der Waals surface area contributed by atoms with Crippen LogP contribution in [0.3, 0.4) is 0 Å². The van der Waals surface area contributed by atoms with Gasteiger partial charge in [0.15, 0.2) is 0 Å². The predicted molar refractivity (Wildman–Crippen MR) is 79.2 cm³/mol. The van der Waals surface area contributed by atoms with Crippen LogP contribution in [0.2, 0.25) is 5.02 Å². The first-order chi connectivity index (χ1) is 9.24. The molecule has 0 aromatic heterocycles. The number of nitrogens with one attached hydrogen (secondary N) is 2. The monoisotopic (exact) mass is 318 g/mol. The van der Waals surface area contributed by atoms with Crippen molar-refractivity contribution in [2.45, 2.75) is 25.7 Å². The van der Waals surface area contributed by atoms with Gasteiger partial charge in [0.2, 0.25) is 15.9 Å². The summed E-state index contributed by atoms with van der Waals surface area (Å²) >= 11 is 5.80. The Bertz CT molecular complexity index is 585. The number of hydrogen-bond donors (Lipinski definition) is 2. The minimum atomic E-state index is -3.59. The average molecular weight is 319 g/mol. The summed E-state index contributed by atoms with van der Waals surface area (Å²) in [5, 5.41) is 3.13. The van der Waals surface area contributed by atoms with Gasteiger partial charge in [-0.2, -0.15) is 0 Å². The van der Waals surface area contributed by atoms with Crippen molar-refractivity contribution in [3.63, 3.8) is 0 Å². The molecule has 0 aliphatic carbocycles. The number of hydrogen-bond acceptors (Lipinski definition) is 3. The lowest BCUT2D eigenvalue weighted by Gasteiger charge is -2.11. The zero-order chi connectivity index (χ0) is 15.3. The highest BCUT2D eigenvalue weighted by molar-refractivity contribution is 7.89. The van der Waals surface area contributed by atoms with Crippen LogP contribution in [0.1, 0.15) is 19.4 Å². The summed E-state index contributed by atoms with van der Waals surface area (Å²) in [5.41, 5.74) is 0.580. The number of carbonyl (C=O) groups excluding carboxylic acids is 1. The molecule has 2 N–H and O–H groups in total. The third-order valence-corrected chi connectivity index (χ3v) is 4.52. The molecule has 0 fully saturated rings. The van der Waals surface area contributed by atoms with E-state index in [9.17, 15) is 13.2 Å². The number of carbonyl (C=O) groups is 1. The number of amides is 1. The molecule has 0 radical (unpaired) electrons. The van der Waals surface area contributed by atoms with Crippen molar-refractivity contribution in [2.24, 2.45) is 5.92 Å². The smallest absolute Gasteiger partial charge is 0.240 e. The van der Waals surface area contributed by atoms with E-state index in [1.165, 1.54) is 12.1 Å². The van der Waals surface area contributed by atoms with Gasteiger partial charge in [0.1, 0.15) is 0 Å². The first-order valence-corrected chi connectivity index (χ1v) is 8.13. The molecule has 1 aromatic rings. The van der Waals surface area contributed by atoms with Crippen LogP contribution in [0.25, 0.3) is 0 Å². The van der Waals surface area contributed by atoms with Gasteiger partial charge in [0.25, 0.3) is 0 Å². The standard InChI is InChI=1S/C13H19ClN2O3S/c1-9(2)13(17)15-6-7-16-20(18,19)12-5-4-11(14)8-10(12)3/h4-5,8-9,16H,6-7H2,1-3H3,(H,15,17). The topological polar surface area (TPSA) is 75.3 Å². The molecule has 0 heterocycles. The van der Waals surface area contributed by atoms with Crippen molar-refractivity contribution in [2.75, 3.05) is 13.1 Å². The molecule has 0 aliphatic heterocycles. The van der Waals surface area contributed by atoms with Gasteiger partial charge in [-0.05, 0) is 30.7 Å². The van der Waals surface area contributed by atoms with Gasteiger partial charge in [0, 0.05) is 24.0 Å². The van der Waals surface area contributed by atoms with Gasteiger partial charge in [0.05, 0.1) is 4.90 Å². The van der Waals surface area contributed by atoms with Gasteiger partial charge in [-0.1, -0.05) is 25.4 Å². The van der Waals surface area contributed by atoms with E-state index >= 15 is 0 Å². The molecule has 5 nitrogen and oxygen atoms in total. The normalized spacial score (nSPS) is 11.7. The molecule has 0 bridgehead atoms. The first-order valence-electron chi connectivity index (χ1n) is 6.27. The van der Waals surface area contributed by atoms with Gasteiger partial charge in [-0.25, -0.2) is 13.1 Å². The predicted octanol–water partition coefficient (Wildman–Crippen LogP) is 1.70.